The van der Waals surface area contributed by atoms with E-state index in [-0.39, 0.29) is 30.3 Å². The van der Waals surface area contributed by atoms with Crippen LogP contribution in [-0.2, 0) is 4.79 Å². The number of carbonyl (C=O) groups is 2. The van der Waals surface area contributed by atoms with E-state index in [9.17, 15) is 9.59 Å². The number of amides is 2. The van der Waals surface area contributed by atoms with Gasteiger partial charge in [-0.1, -0.05) is 11.8 Å². The molecule has 0 aliphatic carbocycles. The Morgan fingerprint density at radius 2 is 2.20 bits per heavy atom. The highest BCUT2D eigenvalue weighted by Crippen LogP contribution is 2.22. The van der Waals surface area contributed by atoms with Crippen LogP contribution in [0.2, 0.25) is 0 Å². The van der Waals surface area contributed by atoms with Crippen LogP contribution in [0.5, 0.6) is 0 Å². The van der Waals surface area contributed by atoms with Crippen LogP contribution in [0.25, 0.3) is 0 Å². The number of carbonyl (C=O) groups excluding carboxylic acids is 2. The minimum Gasteiger partial charge on any atom is -0.445 e. The molecule has 2 fully saturated rings. The van der Waals surface area contributed by atoms with E-state index in [0.717, 1.165) is 43.9 Å². The van der Waals surface area contributed by atoms with Gasteiger partial charge >= 0.3 is 0 Å². The second-order valence-electron chi connectivity index (χ2n) is 6.48. The molecule has 2 aliphatic rings. The van der Waals surface area contributed by atoms with Crippen molar-refractivity contribution in [2.75, 3.05) is 32.4 Å². The molecule has 140 valence electrons. The van der Waals surface area contributed by atoms with Gasteiger partial charge in [0.05, 0.1) is 6.04 Å². The van der Waals surface area contributed by atoms with Crippen molar-refractivity contribution in [2.24, 2.45) is 5.92 Å². The summed E-state index contributed by atoms with van der Waals surface area (Å²) in [7, 11) is 0. The van der Waals surface area contributed by atoms with Crippen LogP contribution in [0.3, 0.4) is 0 Å². The fraction of sp³-hybridized carbons (Fsp3) is 0.647. The number of likely N-dealkylation sites (tertiary alicyclic amines) is 1. The fourth-order valence-corrected chi connectivity index (χ4v) is 3.77. The summed E-state index contributed by atoms with van der Waals surface area (Å²) in [4.78, 5) is 26.5. The summed E-state index contributed by atoms with van der Waals surface area (Å²) in [5.74, 6) is 0.748. The predicted molar refractivity (Wildman–Crippen MR) is 100 cm³/mol. The zero-order chi connectivity index (χ0) is 16.9. The molecule has 8 heteroatoms. The Balaban J connectivity index is 0.00000225. The summed E-state index contributed by atoms with van der Waals surface area (Å²) in [5, 5.41) is 7.00. The van der Waals surface area contributed by atoms with Crippen molar-refractivity contribution in [1.29, 1.82) is 0 Å². The van der Waals surface area contributed by atoms with Gasteiger partial charge in [-0.15, -0.1) is 12.4 Å². The normalized spacial score (nSPS) is 23.2. The lowest BCUT2D eigenvalue weighted by Crippen LogP contribution is -2.46. The molecule has 0 aromatic carbocycles. The van der Waals surface area contributed by atoms with E-state index < -0.39 is 0 Å². The molecule has 2 saturated heterocycles. The van der Waals surface area contributed by atoms with Crippen molar-refractivity contribution >= 4 is 36.0 Å². The van der Waals surface area contributed by atoms with E-state index in [1.165, 1.54) is 11.8 Å². The van der Waals surface area contributed by atoms with E-state index in [0.29, 0.717) is 24.8 Å². The Hall–Kier alpha value is -1.18. The van der Waals surface area contributed by atoms with Crippen molar-refractivity contribution in [3.05, 3.63) is 17.9 Å². The van der Waals surface area contributed by atoms with Crippen LogP contribution in [0, 0.1) is 5.92 Å². The minimum atomic E-state index is -0.0520. The van der Waals surface area contributed by atoms with Gasteiger partial charge in [-0.2, -0.15) is 0 Å². The number of nitrogens with one attached hydrogen (secondary N) is 2. The highest BCUT2D eigenvalue weighted by molar-refractivity contribution is 7.98. The Kier molecular flexibility index (Phi) is 7.65. The number of halogens is 1. The first-order valence-electron chi connectivity index (χ1n) is 8.61. The quantitative estimate of drug-likeness (QED) is 0.757. The van der Waals surface area contributed by atoms with Crippen LogP contribution in [-0.4, -0.2) is 55.2 Å². The topological polar surface area (TPSA) is 74.6 Å². The maximum Gasteiger partial charge on any atom is 0.289 e. The molecular weight excluding hydrogens is 362 g/mol. The summed E-state index contributed by atoms with van der Waals surface area (Å²) < 4.78 is 5.54. The van der Waals surface area contributed by atoms with Crippen molar-refractivity contribution in [3.63, 3.8) is 0 Å². The molecule has 2 unspecified atom stereocenters. The third kappa shape index (κ3) is 5.15. The van der Waals surface area contributed by atoms with Gasteiger partial charge in [0.2, 0.25) is 5.91 Å². The average Bonchev–Trinajstić information content (AvgIpc) is 3.30. The van der Waals surface area contributed by atoms with Crippen LogP contribution in [0.1, 0.15) is 36.2 Å². The Morgan fingerprint density at radius 1 is 1.36 bits per heavy atom. The van der Waals surface area contributed by atoms with Gasteiger partial charge < -0.3 is 20.0 Å². The molecule has 2 atom stereocenters. The summed E-state index contributed by atoms with van der Waals surface area (Å²) >= 11 is 1.49. The van der Waals surface area contributed by atoms with Gasteiger partial charge in [0, 0.05) is 19.6 Å². The SMILES string of the molecule is CSc1ccc(C(=O)N2CCCC(CNC(=O)C3CCCN3)C2)o1.Cl. The fourth-order valence-electron chi connectivity index (χ4n) is 3.39. The third-order valence-electron chi connectivity index (χ3n) is 4.74. The lowest BCUT2D eigenvalue weighted by Gasteiger charge is -2.32. The summed E-state index contributed by atoms with van der Waals surface area (Å²) in [6, 6.07) is 3.53. The van der Waals surface area contributed by atoms with Gasteiger partial charge in [-0.05, 0) is 56.5 Å². The zero-order valence-electron chi connectivity index (χ0n) is 14.5. The molecule has 0 radical (unpaired) electrons. The first kappa shape index (κ1) is 20.1. The second kappa shape index (κ2) is 9.50. The number of thioether (sulfide) groups is 1. The molecule has 0 spiro atoms. The van der Waals surface area contributed by atoms with Crippen LogP contribution >= 0.6 is 24.2 Å². The number of rotatable bonds is 5. The number of hydrogen-bond donors (Lipinski definition) is 2. The zero-order valence-corrected chi connectivity index (χ0v) is 16.1. The van der Waals surface area contributed by atoms with E-state index >= 15 is 0 Å². The molecule has 2 amide bonds. The maximum atomic E-state index is 12.5. The van der Waals surface area contributed by atoms with Crippen molar-refractivity contribution in [2.45, 2.75) is 36.8 Å². The third-order valence-corrected chi connectivity index (χ3v) is 5.36. The van der Waals surface area contributed by atoms with Gasteiger partial charge in [0.25, 0.3) is 5.91 Å². The van der Waals surface area contributed by atoms with E-state index in [1.807, 2.05) is 17.2 Å². The molecule has 6 nitrogen and oxygen atoms in total. The molecule has 3 heterocycles. The summed E-state index contributed by atoms with van der Waals surface area (Å²) in [6.45, 7) is 2.98. The molecule has 0 bridgehead atoms. The Labute approximate surface area is 158 Å². The van der Waals surface area contributed by atoms with Crippen molar-refractivity contribution < 1.29 is 14.0 Å². The Bertz CT molecular complexity index is 589. The van der Waals surface area contributed by atoms with E-state index in [1.54, 1.807) is 6.07 Å². The highest BCUT2D eigenvalue weighted by Gasteiger charge is 2.28. The van der Waals surface area contributed by atoms with Gasteiger partial charge in [0.1, 0.15) is 0 Å². The lowest BCUT2D eigenvalue weighted by atomic mass is 9.97. The standard InChI is InChI=1S/C17H25N3O3S.ClH/c1-24-15-7-6-14(23-15)17(22)20-9-3-4-12(11-20)10-19-16(21)13-5-2-8-18-13;/h6-7,12-13,18H,2-5,8-11H2,1H3,(H,19,21);1H. The molecule has 3 rings (SSSR count). The largest absolute Gasteiger partial charge is 0.445 e. The van der Waals surface area contributed by atoms with E-state index in [4.69, 9.17) is 4.42 Å². The predicted octanol–water partition coefficient (Wildman–Crippen LogP) is 2.14. The molecule has 1 aromatic rings. The van der Waals surface area contributed by atoms with Crippen LogP contribution in [0.4, 0.5) is 0 Å². The number of furan rings is 1. The smallest absolute Gasteiger partial charge is 0.289 e. The first-order chi connectivity index (χ1) is 11.7. The average molecular weight is 388 g/mol. The van der Waals surface area contributed by atoms with Gasteiger partial charge in [0.15, 0.2) is 10.9 Å². The lowest BCUT2D eigenvalue weighted by molar-refractivity contribution is -0.123. The first-order valence-corrected chi connectivity index (χ1v) is 9.84. The van der Waals surface area contributed by atoms with Gasteiger partial charge in [-0.25, -0.2) is 0 Å². The summed E-state index contributed by atoms with van der Waals surface area (Å²) in [5.41, 5.74) is 0. The molecule has 2 aliphatic heterocycles. The molecule has 1 aromatic heterocycles. The molecule has 2 N–H and O–H groups in total. The number of hydrogen-bond acceptors (Lipinski definition) is 5. The molecular formula is C17H26ClN3O3S. The number of piperidine rings is 1. The van der Waals surface area contributed by atoms with Crippen LogP contribution < -0.4 is 10.6 Å². The summed E-state index contributed by atoms with van der Waals surface area (Å²) in [6.07, 6.45) is 5.90. The van der Waals surface area contributed by atoms with Crippen LogP contribution in [0.15, 0.2) is 21.6 Å². The minimum absolute atomic E-state index is 0. The van der Waals surface area contributed by atoms with Crippen molar-refractivity contribution in [1.82, 2.24) is 15.5 Å². The second-order valence-corrected chi connectivity index (χ2v) is 7.29. The maximum absolute atomic E-state index is 12.5. The number of nitrogens with zero attached hydrogens (tertiary/aromatic N) is 1. The monoisotopic (exact) mass is 387 g/mol. The molecule has 25 heavy (non-hydrogen) atoms. The van der Waals surface area contributed by atoms with Crippen molar-refractivity contribution in [3.8, 4) is 0 Å². The van der Waals surface area contributed by atoms with Gasteiger partial charge in [-0.3, -0.25) is 9.59 Å². The van der Waals surface area contributed by atoms with E-state index in [2.05, 4.69) is 10.6 Å². The molecule has 0 saturated carbocycles. The highest BCUT2D eigenvalue weighted by atomic mass is 35.5. The Morgan fingerprint density at radius 3 is 2.88 bits per heavy atom.